The molecule has 0 aromatic heterocycles. The van der Waals surface area contributed by atoms with Gasteiger partial charge in [-0.2, -0.15) is 0 Å². The second kappa shape index (κ2) is 7.34. The molecule has 0 spiro atoms. The highest BCUT2D eigenvalue weighted by molar-refractivity contribution is 5.81. The summed E-state index contributed by atoms with van der Waals surface area (Å²) >= 11 is 0. The monoisotopic (exact) mass is 462 g/mol. The summed E-state index contributed by atoms with van der Waals surface area (Å²) < 4.78 is 11.9. The van der Waals surface area contributed by atoms with Crippen molar-refractivity contribution in [1.82, 2.24) is 0 Å². The number of carbonyl (C=O) groups is 2. The average molecular weight is 463 g/mol. The standard InChI is InChI=1S/C30H38O4/c1-17-23-9-19-7-20(10-23)14-29(17,13-19)27(31)33-25-3-5-26(6-4-25)34-28(32)30-15-21-8-22(16-30)12-24(11-21)18(30)2/h3-6,17-24H,7-16H2,1-2H3. The molecular weight excluding hydrogens is 424 g/mol. The molecule has 9 rings (SSSR count). The Hall–Kier alpha value is -1.84. The van der Waals surface area contributed by atoms with Crippen LogP contribution in [0.1, 0.15) is 78.1 Å². The first-order valence-electron chi connectivity index (χ1n) is 13.9. The summed E-state index contributed by atoms with van der Waals surface area (Å²) in [7, 11) is 0. The number of rotatable bonds is 4. The zero-order valence-electron chi connectivity index (χ0n) is 20.6. The molecule has 0 saturated heterocycles. The van der Waals surface area contributed by atoms with Crippen LogP contribution in [-0.4, -0.2) is 11.9 Å². The van der Waals surface area contributed by atoms with Gasteiger partial charge in [0.25, 0.3) is 0 Å². The fraction of sp³-hybridized carbons (Fsp3) is 0.733. The first kappa shape index (κ1) is 21.4. The Labute approximate surface area is 203 Å². The molecule has 6 unspecified atom stereocenters. The highest BCUT2D eigenvalue weighted by Gasteiger charge is 2.61. The molecule has 8 aliphatic rings. The van der Waals surface area contributed by atoms with E-state index in [2.05, 4.69) is 13.8 Å². The van der Waals surface area contributed by atoms with E-state index in [0.29, 0.717) is 58.8 Å². The summed E-state index contributed by atoms with van der Waals surface area (Å²) in [4.78, 5) is 26.9. The third kappa shape index (κ3) is 3.02. The molecule has 6 atom stereocenters. The highest BCUT2D eigenvalue weighted by atomic mass is 16.5. The fourth-order valence-corrected chi connectivity index (χ4v) is 10.3. The number of ether oxygens (including phenoxy) is 2. The largest absolute Gasteiger partial charge is 0.426 e. The molecule has 8 fully saturated rings. The van der Waals surface area contributed by atoms with Crippen molar-refractivity contribution in [3.05, 3.63) is 24.3 Å². The van der Waals surface area contributed by atoms with Crippen molar-refractivity contribution in [2.75, 3.05) is 0 Å². The molecule has 0 amide bonds. The molecule has 4 nitrogen and oxygen atoms in total. The SMILES string of the molecule is CC1C2CC3CC(C2)CC1(C(=O)Oc1ccc(OC(=O)C24CC5CC(CC(C5)C2C)C4)cc1)C3. The van der Waals surface area contributed by atoms with Crippen LogP contribution in [0.5, 0.6) is 11.5 Å². The van der Waals surface area contributed by atoms with Crippen LogP contribution in [0.25, 0.3) is 0 Å². The van der Waals surface area contributed by atoms with Crippen LogP contribution < -0.4 is 9.47 Å². The van der Waals surface area contributed by atoms with E-state index in [1.165, 1.54) is 38.5 Å². The van der Waals surface area contributed by atoms with Gasteiger partial charge >= 0.3 is 11.9 Å². The minimum atomic E-state index is -0.297. The van der Waals surface area contributed by atoms with Crippen LogP contribution in [0.3, 0.4) is 0 Å². The predicted molar refractivity (Wildman–Crippen MR) is 128 cm³/mol. The van der Waals surface area contributed by atoms with Gasteiger partial charge in [-0.25, -0.2) is 0 Å². The van der Waals surface area contributed by atoms with E-state index >= 15 is 0 Å². The van der Waals surface area contributed by atoms with Gasteiger partial charge in [-0.1, -0.05) is 13.8 Å². The van der Waals surface area contributed by atoms with E-state index in [-0.39, 0.29) is 22.8 Å². The second-order valence-electron chi connectivity index (χ2n) is 13.4. The molecule has 34 heavy (non-hydrogen) atoms. The Kier molecular flexibility index (Phi) is 4.63. The van der Waals surface area contributed by atoms with Gasteiger partial charge in [0.05, 0.1) is 10.8 Å². The molecule has 8 saturated carbocycles. The molecule has 0 N–H and O–H groups in total. The zero-order valence-corrected chi connectivity index (χ0v) is 20.6. The Morgan fingerprint density at radius 3 is 1.26 bits per heavy atom. The maximum absolute atomic E-state index is 13.4. The van der Waals surface area contributed by atoms with E-state index in [4.69, 9.17) is 9.47 Å². The molecule has 0 radical (unpaired) electrons. The summed E-state index contributed by atoms with van der Waals surface area (Å²) in [6, 6.07) is 7.20. The van der Waals surface area contributed by atoms with Gasteiger partial charge in [-0.05, 0) is 136 Å². The predicted octanol–water partition coefficient (Wildman–Crippen LogP) is 6.42. The summed E-state index contributed by atoms with van der Waals surface area (Å²) in [6.07, 6.45) is 11.8. The maximum atomic E-state index is 13.4. The third-order valence-corrected chi connectivity index (χ3v) is 11.7. The molecule has 0 aliphatic heterocycles. The van der Waals surface area contributed by atoms with Crippen LogP contribution in [0.4, 0.5) is 0 Å². The lowest BCUT2D eigenvalue weighted by molar-refractivity contribution is -0.173. The van der Waals surface area contributed by atoms with Crippen molar-refractivity contribution in [3.63, 3.8) is 0 Å². The van der Waals surface area contributed by atoms with Crippen molar-refractivity contribution < 1.29 is 19.1 Å². The molecule has 8 aliphatic carbocycles. The first-order valence-corrected chi connectivity index (χ1v) is 13.9. The molecule has 0 heterocycles. The van der Waals surface area contributed by atoms with Crippen LogP contribution in [0, 0.1) is 58.2 Å². The van der Waals surface area contributed by atoms with E-state index in [0.717, 1.165) is 25.7 Å². The molecular formula is C30H38O4. The van der Waals surface area contributed by atoms with Crippen molar-refractivity contribution >= 4 is 11.9 Å². The smallest absolute Gasteiger partial charge is 0.317 e. The Morgan fingerprint density at radius 2 is 0.941 bits per heavy atom. The fourth-order valence-electron chi connectivity index (χ4n) is 10.3. The summed E-state index contributed by atoms with van der Waals surface area (Å²) in [5.74, 6) is 6.07. The van der Waals surface area contributed by atoms with E-state index < -0.39 is 0 Å². The topological polar surface area (TPSA) is 52.6 Å². The minimum absolute atomic E-state index is 0.0359. The van der Waals surface area contributed by atoms with Gasteiger partial charge < -0.3 is 9.47 Å². The lowest BCUT2D eigenvalue weighted by Crippen LogP contribution is -2.56. The van der Waals surface area contributed by atoms with Crippen LogP contribution in [-0.2, 0) is 9.59 Å². The molecule has 8 bridgehead atoms. The number of hydrogen-bond donors (Lipinski definition) is 0. The summed E-state index contributed by atoms with van der Waals surface area (Å²) in [5.41, 5.74) is -0.594. The van der Waals surface area contributed by atoms with Gasteiger partial charge in [-0.3, -0.25) is 9.59 Å². The Morgan fingerprint density at radius 1 is 0.618 bits per heavy atom. The number of carbonyl (C=O) groups excluding carboxylic acids is 2. The molecule has 182 valence electrons. The summed E-state index contributed by atoms with van der Waals surface area (Å²) in [5, 5.41) is 0. The maximum Gasteiger partial charge on any atom is 0.317 e. The van der Waals surface area contributed by atoms with E-state index in [1.54, 1.807) is 24.3 Å². The highest BCUT2D eigenvalue weighted by Crippen LogP contribution is 2.64. The second-order valence-corrected chi connectivity index (χ2v) is 13.4. The zero-order chi connectivity index (χ0) is 23.2. The Bertz CT molecular complexity index is 902. The summed E-state index contributed by atoms with van der Waals surface area (Å²) in [6.45, 7) is 4.55. The van der Waals surface area contributed by atoms with Crippen LogP contribution in [0.15, 0.2) is 24.3 Å². The number of benzene rings is 1. The van der Waals surface area contributed by atoms with Crippen molar-refractivity contribution in [2.45, 2.75) is 78.1 Å². The molecule has 4 heteroatoms. The average Bonchev–Trinajstić information content (AvgIpc) is 2.81. The van der Waals surface area contributed by atoms with Gasteiger partial charge in [0, 0.05) is 0 Å². The molecule has 1 aromatic rings. The van der Waals surface area contributed by atoms with E-state index in [9.17, 15) is 9.59 Å². The van der Waals surface area contributed by atoms with Crippen LogP contribution in [0.2, 0.25) is 0 Å². The number of esters is 2. The minimum Gasteiger partial charge on any atom is -0.426 e. The first-order chi connectivity index (χ1) is 16.3. The Balaban J connectivity index is 1.04. The lowest BCUT2D eigenvalue weighted by Gasteiger charge is -2.58. The van der Waals surface area contributed by atoms with Gasteiger partial charge in [0.15, 0.2) is 0 Å². The number of hydrogen-bond acceptors (Lipinski definition) is 4. The van der Waals surface area contributed by atoms with Crippen molar-refractivity contribution in [2.24, 2.45) is 58.2 Å². The third-order valence-electron chi connectivity index (χ3n) is 11.7. The lowest BCUT2D eigenvalue weighted by atomic mass is 9.45. The van der Waals surface area contributed by atoms with Crippen LogP contribution >= 0.6 is 0 Å². The van der Waals surface area contributed by atoms with Gasteiger partial charge in [0.2, 0.25) is 0 Å². The quantitative estimate of drug-likeness (QED) is 0.383. The van der Waals surface area contributed by atoms with Gasteiger partial charge in [0.1, 0.15) is 11.5 Å². The normalized spacial score (nSPS) is 47.6. The molecule has 1 aromatic carbocycles. The van der Waals surface area contributed by atoms with Crippen molar-refractivity contribution in [3.8, 4) is 11.5 Å². The van der Waals surface area contributed by atoms with E-state index in [1.807, 2.05) is 0 Å². The van der Waals surface area contributed by atoms with Crippen molar-refractivity contribution in [1.29, 1.82) is 0 Å². The van der Waals surface area contributed by atoms with Gasteiger partial charge in [-0.15, -0.1) is 0 Å².